The van der Waals surface area contributed by atoms with E-state index in [9.17, 15) is 9.59 Å². The van der Waals surface area contributed by atoms with Crippen LogP contribution in [0.15, 0.2) is 77.8 Å². The van der Waals surface area contributed by atoms with Gasteiger partial charge in [-0.2, -0.15) is 0 Å². The SMILES string of the molecule is COc1ccc(CCNC(=O)CSc2cn(CCNC(=O)c3ccc(C)cc3)c3ccccc23)cc1OC. The summed E-state index contributed by atoms with van der Waals surface area (Å²) in [7, 11) is 3.22. The zero-order valence-electron chi connectivity index (χ0n) is 22.0. The van der Waals surface area contributed by atoms with Gasteiger partial charge in [-0.15, -0.1) is 11.8 Å². The van der Waals surface area contributed by atoms with Gasteiger partial charge in [0.25, 0.3) is 5.91 Å². The first kappa shape index (κ1) is 27.1. The number of carbonyl (C=O) groups excluding carboxylic acids is 2. The zero-order chi connectivity index (χ0) is 26.9. The third-order valence-electron chi connectivity index (χ3n) is 6.25. The largest absolute Gasteiger partial charge is 0.493 e. The Labute approximate surface area is 227 Å². The normalized spacial score (nSPS) is 10.8. The highest BCUT2D eigenvalue weighted by Crippen LogP contribution is 2.30. The van der Waals surface area contributed by atoms with Crippen molar-refractivity contribution in [3.63, 3.8) is 0 Å². The first-order chi connectivity index (χ1) is 18.5. The highest BCUT2D eigenvalue weighted by Gasteiger charge is 2.12. The molecule has 2 N–H and O–H groups in total. The number of amides is 2. The summed E-state index contributed by atoms with van der Waals surface area (Å²) < 4.78 is 12.8. The van der Waals surface area contributed by atoms with E-state index in [1.165, 1.54) is 11.8 Å². The number of nitrogens with zero attached hydrogens (tertiary/aromatic N) is 1. The van der Waals surface area contributed by atoms with Crippen molar-refractivity contribution >= 4 is 34.5 Å². The minimum Gasteiger partial charge on any atom is -0.493 e. The van der Waals surface area contributed by atoms with Crippen molar-refractivity contribution in [1.82, 2.24) is 15.2 Å². The van der Waals surface area contributed by atoms with Crippen LogP contribution < -0.4 is 20.1 Å². The lowest BCUT2D eigenvalue weighted by Crippen LogP contribution is -2.27. The Hall–Kier alpha value is -3.91. The first-order valence-corrected chi connectivity index (χ1v) is 13.5. The lowest BCUT2D eigenvalue weighted by Gasteiger charge is -2.10. The van der Waals surface area contributed by atoms with Gasteiger partial charge in [0.05, 0.1) is 20.0 Å². The molecule has 0 bridgehead atoms. The number of carbonyl (C=O) groups is 2. The van der Waals surface area contributed by atoms with Crippen LogP contribution in [-0.4, -0.2) is 49.4 Å². The molecule has 198 valence electrons. The molecule has 2 amide bonds. The first-order valence-electron chi connectivity index (χ1n) is 12.5. The van der Waals surface area contributed by atoms with E-state index in [0.717, 1.165) is 26.9 Å². The molecule has 0 saturated carbocycles. The predicted octanol–water partition coefficient (Wildman–Crippen LogP) is 4.85. The molecule has 0 fully saturated rings. The second-order valence-electron chi connectivity index (χ2n) is 8.90. The van der Waals surface area contributed by atoms with Gasteiger partial charge >= 0.3 is 0 Å². The Morgan fingerprint density at radius 1 is 0.895 bits per heavy atom. The fraction of sp³-hybridized carbons (Fsp3) is 0.267. The van der Waals surface area contributed by atoms with Crippen LogP contribution in [-0.2, 0) is 17.8 Å². The number of rotatable bonds is 12. The summed E-state index contributed by atoms with van der Waals surface area (Å²) in [4.78, 5) is 26.0. The topological polar surface area (TPSA) is 81.6 Å². The van der Waals surface area contributed by atoms with E-state index in [1.807, 2.05) is 61.5 Å². The number of nitrogens with one attached hydrogen (secondary N) is 2. The molecule has 0 saturated heterocycles. The molecule has 4 rings (SSSR count). The number of methoxy groups -OCH3 is 2. The standard InChI is InChI=1S/C30H33N3O4S/c1-21-8-11-23(12-9-21)30(35)32-16-17-33-19-28(24-6-4-5-7-25(24)33)38-20-29(34)31-15-14-22-10-13-26(36-2)27(18-22)37-3/h4-13,18-19H,14-17,20H2,1-3H3,(H,31,34)(H,32,35). The van der Waals surface area contributed by atoms with Crippen LogP contribution in [0.5, 0.6) is 11.5 Å². The number of para-hydroxylation sites is 1. The Bertz CT molecular complexity index is 1400. The fourth-order valence-electron chi connectivity index (χ4n) is 4.19. The van der Waals surface area contributed by atoms with Crippen molar-refractivity contribution in [2.75, 3.05) is 33.1 Å². The summed E-state index contributed by atoms with van der Waals surface area (Å²) in [5.41, 5.74) is 3.92. The van der Waals surface area contributed by atoms with Gasteiger partial charge in [-0.1, -0.05) is 42.0 Å². The van der Waals surface area contributed by atoms with Gasteiger partial charge < -0.3 is 24.7 Å². The molecule has 0 spiro atoms. The van der Waals surface area contributed by atoms with Crippen molar-refractivity contribution in [1.29, 1.82) is 0 Å². The van der Waals surface area contributed by atoms with Gasteiger partial charge in [-0.05, 0) is 49.2 Å². The average molecular weight is 532 g/mol. The summed E-state index contributed by atoms with van der Waals surface area (Å²) >= 11 is 1.52. The minimum atomic E-state index is -0.0826. The Morgan fingerprint density at radius 2 is 1.66 bits per heavy atom. The second kappa shape index (κ2) is 13.1. The van der Waals surface area contributed by atoms with Crippen LogP contribution in [0.25, 0.3) is 10.9 Å². The van der Waals surface area contributed by atoms with Gasteiger partial charge in [0, 0.05) is 47.2 Å². The van der Waals surface area contributed by atoms with E-state index in [4.69, 9.17) is 9.47 Å². The summed E-state index contributed by atoms with van der Waals surface area (Å²) in [6.07, 6.45) is 2.76. The van der Waals surface area contributed by atoms with Gasteiger partial charge in [0.15, 0.2) is 11.5 Å². The van der Waals surface area contributed by atoms with Crippen LogP contribution in [0, 0.1) is 6.92 Å². The van der Waals surface area contributed by atoms with E-state index in [-0.39, 0.29) is 11.8 Å². The summed E-state index contributed by atoms with van der Waals surface area (Å²) in [6, 6.07) is 21.4. The predicted molar refractivity (Wildman–Crippen MR) is 152 cm³/mol. The summed E-state index contributed by atoms with van der Waals surface area (Å²) in [6.45, 7) is 3.68. The van der Waals surface area contributed by atoms with Crippen molar-refractivity contribution < 1.29 is 19.1 Å². The van der Waals surface area contributed by atoms with Gasteiger partial charge in [0.1, 0.15) is 0 Å². The molecule has 0 aliphatic heterocycles. The molecule has 1 aromatic heterocycles. The fourth-order valence-corrected chi connectivity index (χ4v) is 5.11. The maximum Gasteiger partial charge on any atom is 0.251 e. The number of hydrogen-bond donors (Lipinski definition) is 2. The summed E-state index contributed by atoms with van der Waals surface area (Å²) in [5, 5.41) is 7.10. The van der Waals surface area contributed by atoms with E-state index in [0.29, 0.717) is 48.9 Å². The second-order valence-corrected chi connectivity index (χ2v) is 9.92. The number of benzene rings is 3. The van der Waals surface area contributed by atoms with Crippen LogP contribution in [0.1, 0.15) is 21.5 Å². The molecule has 0 atom stereocenters. The molecule has 38 heavy (non-hydrogen) atoms. The summed E-state index contributed by atoms with van der Waals surface area (Å²) in [5.74, 6) is 1.59. The van der Waals surface area contributed by atoms with Crippen LogP contribution in [0.2, 0.25) is 0 Å². The molecule has 8 heteroatoms. The lowest BCUT2D eigenvalue weighted by atomic mass is 10.1. The number of aryl methyl sites for hydroxylation is 1. The molecule has 0 aliphatic carbocycles. The third-order valence-corrected chi connectivity index (χ3v) is 7.29. The number of hydrogen-bond acceptors (Lipinski definition) is 5. The van der Waals surface area contributed by atoms with Crippen molar-refractivity contribution in [2.45, 2.75) is 24.8 Å². The molecule has 4 aromatic rings. The van der Waals surface area contributed by atoms with Gasteiger partial charge in [0.2, 0.25) is 5.91 Å². The van der Waals surface area contributed by atoms with Crippen molar-refractivity contribution in [3.8, 4) is 11.5 Å². The monoisotopic (exact) mass is 531 g/mol. The maximum atomic E-state index is 12.5. The minimum absolute atomic E-state index is 0.0160. The smallest absolute Gasteiger partial charge is 0.251 e. The number of thioether (sulfide) groups is 1. The molecule has 0 unspecified atom stereocenters. The van der Waals surface area contributed by atoms with Crippen LogP contribution in [0.4, 0.5) is 0 Å². The zero-order valence-corrected chi connectivity index (χ0v) is 22.8. The van der Waals surface area contributed by atoms with Crippen LogP contribution in [0.3, 0.4) is 0 Å². The van der Waals surface area contributed by atoms with E-state index < -0.39 is 0 Å². The van der Waals surface area contributed by atoms with E-state index in [1.54, 1.807) is 14.2 Å². The molecule has 0 aliphatic rings. The number of ether oxygens (including phenoxy) is 2. The average Bonchev–Trinajstić information content (AvgIpc) is 3.29. The Kier molecular flexibility index (Phi) is 9.32. The van der Waals surface area contributed by atoms with E-state index >= 15 is 0 Å². The Balaban J connectivity index is 1.29. The van der Waals surface area contributed by atoms with Crippen molar-refractivity contribution in [3.05, 3.63) is 89.6 Å². The van der Waals surface area contributed by atoms with Crippen LogP contribution >= 0.6 is 11.8 Å². The Morgan fingerprint density at radius 3 is 2.42 bits per heavy atom. The highest BCUT2D eigenvalue weighted by atomic mass is 32.2. The molecular formula is C30H33N3O4S. The molecule has 1 heterocycles. The van der Waals surface area contributed by atoms with E-state index in [2.05, 4.69) is 33.5 Å². The quantitative estimate of drug-likeness (QED) is 0.256. The molecule has 0 radical (unpaired) electrons. The third kappa shape index (κ3) is 6.89. The highest BCUT2D eigenvalue weighted by molar-refractivity contribution is 8.00. The lowest BCUT2D eigenvalue weighted by molar-refractivity contribution is -0.118. The van der Waals surface area contributed by atoms with Gasteiger partial charge in [-0.3, -0.25) is 9.59 Å². The van der Waals surface area contributed by atoms with Gasteiger partial charge in [-0.25, -0.2) is 0 Å². The molecular weight excluding hydrogens is 498 g/mol. The number of aromatic nitrogens is 1. The molecule has 7 nitrogen and oxygen atoms in total. The molecule has 3 aromatic carbocycles. The number of fused-ring (bicyclic) bond motifs is 1. The maximum absolute atomic E-state index is 12.5. The van der Waals surface area contributed by atoms with Crippen molar-refractivity contribution in [2.24, 2.45) is 0 Å².